The monoisotopic (exact) mass is 258 g/mol. The summed E-state index contributed by atoms with van der Waals surface area (Å²) < 4.78 is 0. The van der Waals surface area contributed by atoms with Crippen molar-refractivity contribution in [1.29, 1.82) is 0 Å². The van der Waals surface area contributed by atoms with Gasteiger partial charge in [0.1, 0.15) is 10.8 Å². The molecule has 6 heteroatoms. The summed E-state index contributed by atoms with van der Waals surface area (Å²) in [4.78, 5) is 8.32. The Balaban J connectivity index is 2.42. The van der Waals surface area contributed by atoms with Gasteiger partial charge in [0.25, 0.3) is 0 Å². The van der Waals surface area contributed by atoms with Gasteiger partial charge in [-0.3, -0.25) is 0 Å². The van der Waals surface area contributed by atoms with Crippen LogP contribution in [-0.2, 0) is 0 Å². The minimum absolute atomic E-state index is 0.249. The van der Waals surface area contributed by atoms with Crippen LogP contribution >= 0.6 is 11.6 Å². The molecule has 0 saturated carbocycles. The standard InChI is InChI=1S/C11H19ClN4O/c1-2-13-11-15-8-9(12)10(16-11)14-6-4-3-5-7-17/h8,17H,2-7H2,1H3,(H2,13,14,15,16). The third-order valence-corrected chi connectivity index (χ3v) is 2.48. The van der Waals surface area contributed by atoms with E-state index in [0.29, 0.717) is 16.8 Å². The first-order chi connectivity index (χ1) is 8.27. The number of anilines is 2. The molecule has 0 saturated heterocycles. The maximum absolute atomic E-state index is 8.65. The van der Waals surface area contributed by atoms with Gasteiger partial charge in [0.05, 0.1) is 6.20 Å². The van der Waals surface area contributed by atoms with E-state index in [9.17, 15) is 0 Å². The molecular weight excluding hydrogens is 240 g/mol. The minimum Gasteiger partial charge on any atom is -0.396 e. The quantitative estimate of drug-likeness (QED) is 0.623. The van der Waals surface area contributed by atoms with Crippen molar-refractivity contribution in [3.63, 3.8) is 0 Å². The van der Waals surface area contributed by atoms with E-state index in [0.717, 1.165) is 32.4 Å². The van der Waals surface area contributed by atoms with Gasteiger partial charge in [-0.25, -0.2) is 4.98 Å². The highest BCUT2D eigenvalue weighted by Crippen LogP contribution is 2.19. The molecule has 0 aliphatic heterocycles. The highest BCUT2D eigenvalue weighted by atomic mass is 35.5. The zero-order valence-electron chi connectivity index (χ0n) is 10.0. The van der Waals surface area contributed by atoms with Crippen LogP contribution in [0.4, 0.5) is 11.8 Å². The van der Waals surface area contributed by atoms with Gasteiger partial charge < -0.3 is 15.7 Å². The van der Waals surface area contributed by atoms with Crippen LogP contribution in [-0.4, -0.2) is 34.8 Å². The largest absolute Gasteiger partial charge is 0.396 e. The Labute approximate surface area is 107 Å². The molecule has 1 rings (SSSR count). The van der Waals surface area contributed by atoms with Gasteiger partial charge in [0.15, 0.2) is 0 Å². The number of halogens is 1. The topological polar surface area (TPSA) is 70.1 Å². The third-order valence-electron chi connectivity index (χ3n) is 2.21. The molecule has 1 heterocycles. The van der Waals surface area contributed by atoms with Gasteiger partial charge in [0, 0.05) is 19.7 Å². The van der Waals surface area contributed by atoms with E-state index in [1.54, 1.807) is 6.20 Å². The van der Waals surface area contributed by atoms with Crippen LogP contribution < -0.4 is 10.6 Å². The van der Waals surface area contributed by atoms with Crippen molar-refractivity contribution in [3.05, 3.63) is 11.2 Å². The summed E-state index contributed by atoms with van der Waals surface area (Å²) in [7, 11) is 0. The second-order valence-corrected chi connectivity index (χ2v) is 4.04. The highest BCUT2D eigenvalue weighted by molar-refractivity contribution is 6.32. The average Bonchev–Trinajstić information content (AvgIpc) is 2.33. The lowest BCUT2D eigenvalue weighted by molar-refractivity contribution is 0.283. The van der Waals surface area contributed by atoms with Gasteiger partial charge in [-0.05, 0) is 26.2 Å². The Bertz CT molecular complexity index is 335. The molecule has 0 atom stereocenters. The molecule has 0 amide bonds. The molecule has 5 nitrogen and oxygen atoms in total. The SMILES string of the molecule is CCNc1ncc(Cl)c(NCCCCCO)n1. The van der Waals surface area contributed by atoms with Crippen LogP contribution in [0.25, 0.3) is 0 Å². The van der Waals surface area contributed by atoms with Crippen LogP contribution in [0.2, 0.25) is 5.02 Å². The van der Waals surface area contributed by atoms with Crippen molar-refractivity contribution in [2.75, 3.05) is 30.3 Å². The molecule has 0 unspecified atom stereocenters. The summed E-state index contributed by atoms with van der Waals surface area (Å²) in [6, 6.07) is 0. The first kappa shape index (κ1) is 14.0. The van der Waals surface area contributed by atoms with E-state index in [1.165, 1.54) is 0 Å². The van der Waals surface area contributed by atoms with Crippen molar-refractivity contribution in [3.8, 4) is 0 Å². The first-order valence-corrected chi connectivity index (χ1v) is 6.27. The van der Waals surface area contributed by atoms with E-state index in [-0.39, 0.29) is 6.61 Å². The zero-order chi connectivity index (χ0) is 12.5. The maximum Gasteiger partial charge on any atom is 0.224 e. The fourth-order valence-electron chi connectivity index (χ4n) is 1.35. The predicted molar refractivity (Wildman–Crippen MR) is 70.6 cm³/mol. The molecule has 96 valence electrons. The van der Waals surface area contributed by atoms with Crippen molar-refractivity contribution in [1.82, 2.24) is 9.97 Å². The predicted octanol–water partition coefficient (Wildman–Crippen LogP) is 2.14. The molecule has 0 spiro atoms. The average molecular weight is 259 g/mol. The summed E-state index contributed by atoms with van der Waals surface area (Å²) in [5.74, 6) is 1.23. The molecule has 0 radical (unpaired) electrons. The van der Waals surface area contributed by atoms with E-state index >= 15 is 0 Å². The second kappa shape index (κ2) is 8.08. The van der Waals surface area contributed by atoms with Crippen molar-refractivity contribution in [2.24, 2.45) is 0 Å². The number of unbranched alkanes of at least 4 members (excludes halogenated alkanes) is 2. The molecule has 17 heavy (non-hydrogen) atoms. The van der Waals surface area contributed by atoms with Gasteiger partial charge in [-0.15, -0.1) is 0 Å². The van der Waals surface area contributed by atoms with Crippen molar-refractivity contribution >= 4 is 23.4 Å². The summed E-state index contributed by atoms with van der Waals surface area (Å²) in [5, 5.41) is 15.4. The van der Waals surface area contributed by atoms with Crippen LogP contribution in [0.5, 0.6) is 0 Å². The summed E-state index contributed by atoms with van der Waals surface area (Å²) in [6.07, 6.45) is 4.40. The van der Waals surface area contributed by atoms with Gasteiger partial charge >= 0.3 is 0 Å². The Kier molecular flexibility index (Phi) is 6.65. The minimum atomic E-state index is 0.249. The molecular formula is C11H19ClN4O. The Morgan fingerprint density at radius 2 is 2.12 bits per heavy atom. The van der Waals surface area contributed by atoms with Crippen molar-refractivity contribution in [2.45, 2.75) is 26.2 Å². The van der Waals surface area contributed by atoms with E-state index in [1.807, 2.05) is 6.92 Å². The molecule has 0 bridgehead atoms. The molecule has 0 aromatic carbocycles. The van der Waals surface area contributed by atoms with Gasteiger partial charge in [-0.2, -0.15) is 4.98 Å². The fraction of sp³-hybridized carbons (Fsp3) is 0.636. The highest BCUT2D eigenvalue weighted by Gasteiger charge is 2.03. The first-order valence-electron chi connectivity index (χ1n) is 5.89. The molecule has 0 aliphatic rings. The molecule has 1 aromatic heterocycles. The van der Waals surface area contributed by atoms with Gasteiger partial charge in [-0.1, -0.05) is 11.6 Å². The Hall–Kier alpha value is -1.07. The number of hydrogen-bond acceptors (Lipinski definition) is 5. The lowest BCUT2D eigenvalue weighted by atomic mass is 10.2. The maximum atomic E-state index is 8.65. The summed E-state index contributed by atoms with van der Waals surface area (Å²) in [5.41, 5.74) is 0. The molecule has 0 fully saturated rings. The number of aliphatic hydroxyl groups excluding tert-OH is 1. The lowest BCUT2D eigenvalue weighted by Gasteiger charge is -2.08. The van der Waals surface area contributed by atoms with E-state index in [2.05, 4.69) is 20.6 Å². The van der Waals surface area contributed by atoms with Crippen LogP contribution in [0.3, 0.4) is 0 Å². The number of hydrogen-bond donors (Lipinski definition) is 3. The normalized spacial score (nSPS) is 10.3. The number of nitrogens with zero attached hydrogens (tertiary/aromatic N) is 2. The molecule has 0 aliphatic carbocycles. The summed E-state index contributed by atoms with van der Waals surface area (Å²) in [6.45, 7) is 3.80. The van der Waals surface area contributed by atoms with E-state index in [4.69, 9.17) is 16.7 Å². The Morgan fingerprint density at radius 1 is 1.29 bits per heavy atom. The van der Waals surface area contributed by atoms with Crippen molar-refractivity contribution < 1.29 is 5.11 Å². The molecule has 3 N–H and O–H groups in total. The fourth-order valence-corrected chi connectivity index (χ4v) is 1.51. The van der Waals surface area contributed by atoms with E-state index < -0.39 is 0 Å². The number of nitrogens with one attached hydrogen (secondary N) is 2. The van der Waals surface area contributed by atoms with Crippen LogP contribution in [0.15, 0.2) is 6.20 Å². The third kappa shape index (κ3) is 5.19. The number of aromatic nitrogens is 2. The van der Waals surface area contributed by atoms with Crippen LogP contribution in [0, 0.1) is 0 Å². The second-order valence-electron chi connectivity index (χ2n) is 3.63. The lowest BCUT2D eigenvalue weighted by Crippen LogP contribution is -2.08. The number of aliphatic hydroxyl groups is 1. The number of rotatable bonds is 8. The van der Waals surface area contributed by atoms with Crippen LogP contribution in [0.1, 0.15) is 26.2 Å². The molecule has 1 aromatic rings. The van der Waals surface area contributed by atoms with Gasteiger partial charge in [0.2, 0.25) is 5.95 Å². The Morgan fingerprint density at radius 3 is 2.82 bits per heavy atom. The summed E-state index contributed by atoms with van der Waals surface area (Å²) >= 11 is 5.98. The zero-order valence-corrected chi connectivity index (χ0v) is 10.8. The smallest absolute Gasteiger partial charge is 0.224 e.